The third kappa shape index (κ3) is 12.0. The molecule has 0 bridgehead atoms. The van der Waals surface area contributed by atoms with Crippen molar-refractivity contribution in [1.29, 1.82) is 0 Å². The van der Waals surface area contributed by atoms with E-state index in [-0.39, 0.29) is 69.2 Å². The van der Waals surface area contributed by atoms with Crippen molar-refractivity contribution in [3.8, 4) is 28.7 Å². The van der Waals surface area contributed by atoms with Gasteiger partial charge >= 0.3 is 6.18 Å². The summed E-state index contributed by atoms with van der Waals surface area (Å²) in [4.78, 5) is 72.2. The van der Waals surface area contributed by atoms with E-state index in [0.717, 1.165) is 17.7 Å². The first-order valence-electron chi connectivity index (χ1n) is 22.1. The molecule has 2 aromatic heterocycles. The van der Waals surface area contributed by atoms with E-state index in [9.17, 15) is 37.1 Å². The second-order valence-electron chi connectivity index (χ2n) is 16.1. The SMILES string of the molecule is O=C(COc1cccc2c1CN(C1CCC(=O)NC1=O)C2=O)NCCOCCOCCOCCOc1ccc(CCc2c(-c3ccc(C(F)(F)F)cc3)[nH]n(-c3nc4ccc(Cl)cc4[nH]3)c2=O)cc1. The number of H-pyrrole nitrogens is 2. The van der Waals surface area contributed by atoms with Gasteiger partial charge in [-0.05, 0) is 85.0 Å². The lowest BCUT2D eigenvalue weighted by molar-refractivity contribution is -0.138. The van der Waals surface area contributed by atoms with E-state index >= 15 is 0 Å². The number of nitrogens with zero attached hydrogens (tertiary/aromatic N) is 3. The molecule has 69 heavy (non-hydrogen) atoms. The van der Waals surface area contributed by atoms with Gasteiger partial charge in [-0.3, -0.25) is 34.4 Å². The second kappa shape index (κ2) is 22.0. The third-order valence-corrected chi connectivity index (χ3v) is 11.7. The lowest BCUT2D eigenvalue weighted by Crippen LogP contribution is -2.52. The molecular weight excluding hydrogens is 927 g/mol. The molecule has 0 aliphatic carbocycles. The van der Waals surface area contributed by atoms with E-state index in [4.69, 9.17) is 35.3 Å². The van der Waals surface area contributed by atoms with Crippen LogP contribution in [-0.4, -0.2) is 114 Å². The molecule has 4 aromatic carbocycles. The van der Waals surface area contributed by atoms with Crippen molar-refractivity contribution < 1.29 is 56.0 Å². The predicted octanol–water partition coefficient (Wildman–Crippen LogP) is 5.55. The number of fused-ring (bicyclic) bond motifs is 2. The number of nitrogens with one attached hydrogen (secondary N) is 4. The van der Waals surface area contributed by atoms with Crippen LogP contribution in [0.25, 0.3) is 28.2 Å². The first-order chi connectivity index (χ1) is 33.3. The quantitative estimate of drug-likeness (QED) is 0.0490. The average molecular weight is 974 g/mol. The Morgan fingerprint density at radius 2 is 1.57 bits per heavy atom. The summed E-state index contributed by atoms with van der Waals surface area (Å²) in [5.41, 5.74) is 3.07. The minimum absolute atomic E-state index is 0.133. The summed E-state index contributed by atoms with van der Waals surface area (Å²) in [7, 11) is 0. The van der Waals surface area contributed by atoms with E-state index in [2.05, 4.69) is 25.7 Å². The normalized spacial score (nSPS) is 14.9. The van der Waals surface area contributed by atoms with Crippen LogP contribution in [0.3, 0.4) is 0 Å². The Balaban J connectivity index is 0.694. The Labute approximate surface area is 397 Å². The maximum atomic E-state index is 13.8. The van der Waals surface area contributed by atoms with Gasteiger partial charge in [0.25, 0.3) is 17.4 Å². The number of hydrogen-bond donors (Lipinski definition) is 4. The fourth-order valence-electron chi connectivity index (χ4n) is 7.92. The summed E-state index contributed by atoms with van der Waals surface area (Å²) < 4.78 is 69.5. The minimum Gasteiger partial charge on any atom is -0.491 e. The standard InChI is InChI=1S/C48H47ClF3N7O10/c49-32-11-15-37-38(26-32)55-47(54-37)59-46(64)35(43(57-59)30-7-9-31(10-8-30)48(50,51)52)14-6-29-4-12-33(13-5-29)68-25-24-67-23-22-66-21-20-65-19-18-53-42(61)28-69-40-3-1-2-34-36(40)27-58(45(34)63)39-16-17-41(60)56-44(39)62/h1-5,7-13,15,26,39,57H,6,14,16-25,27-28H2,(H,53,61)(H,54,55)(H,56,60,62). The number of ether oxygens (including phenoxy) is 5. The molecule has 4 N–H and O–H groups in total. The molecule has 1 fully saturated rings. The zero-order valence-corrected chi connectivity index (χ0v) is 37.8. The van der Waals surface area contributed by atoms with Crippen LogP contribution in [0.1, 0.15) is 45.5 Å². The maximum absolute atomic E-state index is 13.8. The highest BCUT2D eigenvalue weighted by Gasteiger charge is 2.40. The highest BCUT2D eigenvalue weighted by Crippen LogP contribution is 2.34. The first-order valence-corrected chi connectivity index (χ1v) is 22.5. The van der Waals surface area contributed by atoms with Crippen LogP contribution in [-0.2, 0) is 54.2 Å². The monoisotopic (exact) mass is 973 g/mol. The number of imidazole rings is 1. The molecule has 17 nitrogen and oxygen atoms in total. The van der Waals surface area contributed by atoms with Crippen LogP contribution in [0.5, 0.6) is 11.5 Å². The third-order valence-electron chi connectivity index (χ3n) is 11.4. The van der Waals surface area contributed by atoms with Crippen molar-refractivity contribution in [2.75, 3.05) is 59.4 Å². The molecule has 6 aromatic rings. The van der Waals surface area contributed by atoms with Crippen molar-refractivity contribution in [3.05, 3.63) is 128 Å². The van der Waals surface area contributed by atoms with E-state index in [1.54, 1.807) is 36.4 Å². The lowest BCUT2D eigenvalue weighted by Gasteiger charge is -2.29. The molecule has 1 atom stereocenters. The number of alkyl halides is 3. The number of rotatable bonds is 22. The van der Waals surface area contributed by atoms with Crippen LogP contribution in [0.4, 0.5) is 13.2 Å². The number of carbonyl (C=O) groups is 4. The summed E-state index contributed by atoms with van der Waals surface area (Å²) in [5.74, 6) is -0.373. The summed E-state index contributed by atoms with van der Waals surface area (Å²) in [6.07, 6.45) is -3.38. The summed E-state index contributed by atoms with van der Waals surface area (Å²) in [5, 5.41) is 8.54. The Morgan fingerprint density at radius 3 is 2.29 bits per heavy atom. The molecular formula is C48H47ClF3N7O10. The van der Waals surface area contributed by atoms with Crippen LogP contribution in [0.2, 0.25) is 5.02 Å². The highest BCUT2D eigenvalue weighted by molar-refractivity contribution is 6.31. The maximum Gasteiger partial charge on any atom is 0.416 e. The topological polar surface area (TPSA) is 208 Å². The van der Waals surface area contributed by atoms with Crippen LogP contribution >= 0.6 is 11.6 Å². The molecule has 8 rings (SSSR count). The Morgan fingerprint density at radius 1 is 0.841 bits per heavy atom. The van der Waals surface area contributed by atoms with Gasteiger partial charge in [-0.25, -0.2) is 4.98 Å². The van der Waals surface area contributed by atoms with Gasteiger partial charge in [0.1, 0.15) is 24.1 Å². The molecule has 0 spiro atoms. The van der Waals surface area contributed by atoms with Gasteiger partial charge in [-0.1, -0.05) is 41.9 Å². The van der Waals surface area contributed by atoms with Gasteiger partial charge in [0, 0.05) is 34.7 Å². The summed E-state index contributed by atoms with van der Waals surface area (Å²) in [6, 6.07) is 21.3. The second-order valence-corrected chi connectivity index (χ2v) is 16.5. The number of amides is 4. The van der Waals surface area contributed by atoms with E-state index < -0.39 is 29.2 Å². The average Bonchev–Trinajstić information content (AvgIpc) is 4.01. The summed E-state index contributed by atoms with van der Waals surface area (Å²) >= 11 is 6.14. The Kier molecular flexibility index (Phi) is 15.4. The van der Waals surface area contributed by atoms with Gasteiger partial charge < -0.3 is 38.9 Å². The van der Waals surface area contributed by atoms with Gasteiger partial charge in [0.05, 0.1) is 68.5 Å². The Hall–Kier alpha value is -7.00. The van der Waals surface area contributed by atoms with Crippen molar-refractivity contribution >= 4 is 46.3 Å². The molecule has 4 heterocycles. The number of halogens is 4. The van der Waals surface area contributed by atoms with Gasteiger partial charge in [0.2, 0.25) is 17.8 Å². The number of carbonyl (C=O) groups excluding carboxylic acids is 4. The molecule has 0 radical (unpaired) electrons. The molecule has 2 aliphatic rings. The molecule has 2 aliphatic heterocycles. The fraction of sp³-hybridized carbons (Fsp3) is 0.333. The lowest BCUT2D eigenvalue weighted by atomic mass is 10.0. The molecule has 21 heteroatoms. The number of aromatic nitrogens is 4. The van der Waals surface area contributed by atoms with Crippen LogP contribution in [0, 0.1) is 0 Å². The van der Waals surface area contributed by atoms with Crippen molar-refractivity contribution in [3.63, 3.8) is 0 Å². The molecule has 362 valence electrons. The van der Waals surface area contributed by atoms with Crippen molar-refractivity contribution in [1.82, 2.24) is 35.3 Å². The number of imide groups is 1. The largest absolute Gasteiger partial charge is 0.491 e. The number of piperidine rings is 1. The fourth-order valence-corrected chi connectivity index (χ4v) is 8.10. The first kappa shape index (κ1) is 48.5. The smallest absolute Gasteiger partial charge is 0.416 e. The van der Waals surface area contributed by atoms with Gasteiger partial charge in [-0.2, -0.15) is 17.9 Å². The number of hydrogen-bond acceptors (Lipinski definition) is 11. The zero-order valence-electron chi connectivity index (χ0n) is 37.0. The summed E-state index contributed by atoms with van der Waals surface area (Å²) in [6.45, 7) is 2.27. The van der Waals surface area contributed by atoms with Crippen LogP contribution in [0.15, 0.2) is 89.7 Å². The molecule has 0 saturated carbocycles. The van der Waals surface area contributed by atoms with Crippen molar-refractivity contribution in [2.24, 2.45) is 0 Å². The highest BCUT2D eigenvalue weighted by atomic mass is 35.5. The van der Waals surface area contributed by atoms with Gasteiger partial charge in [0.15, 0.2) is 6.61 Å². The minimum atomic E-state index is -4.51. The van der Waals surface area contributed by atoms with Crippen molar-refractivity contribution in [2.45, 2.75) is 44.4 Å². The molecule has 1 saturated heterocycles. The Bertz CT molecular complexity index is 2870. The number of aryl methyl sites for hydroxylation is 1. The van der Waals surface area contributed by atoms with E-state index in [1.807, 2.05) is 24.3 Å². The predicted molar refractivity (Wildman–Crippen MR) is 244 cm³/mol. The van der Waals surface area contributed by atoms with Gasteiger partial charge in [-0.15, -0.1) is 0 Å². The van der Waals surface area contributed by atoms with E-state index in [0.29, 0.717) is 102 Å². The molecule has 1 unspecified atom stereocenters. The number of benzene rings is 4. The van der Waals surface area contributed by atoms with Crippen LogP contribution < -0.4 is 25.7 Å². The van der Waals surface area contributed by atoms with E-state index in [1.165, 1.54) is 21.7 Å². The number of aromatic amines is 2. The zero-order chi connectivity index (χ0) is 48.5. The molecule has 4 amide bonds.